The van der Waals surface area contributed by atoms with Gasteiger partial charge in [0.05, 0.1) is 26.5 Å². The molecule has 0 spiro atoms. The van der Waals surface area contributed by atoms with Crippen molar-refractivity contribution >= 4 is 53.9 Å². The molecule has 3 nitrogen and oxygen atoms in total. The van der Waals surface area contributed by atoms with Crippen molar-refractivity contribution in [2.45, 2.75) is 39.2 Å². The minimum Gasteiger partial charge on any atom is -0.323 e. The molecule has 0 unspecified atom stereocenters. The van der Waals surface area contributed by atoms with Crippen LogP contribution in [0.25, 0.3) is 42.6 Å². The lowest BCUT2D eigenvalue weighted by atomic mass is 10.1. The zero-order chi connectivity index (χ0) is 19.8. The molecule has 5 heteroatoms. The molecular formula is C24H21N3S2. The van der Waals surface area contributed by atoms with Crippen molar-refractivity contribution in [3.63, 3.8) is 0 Å². The zero-order valence-corrected chi connectivity index (χ0v) is 17.9. The van der Waals surface area contributed by atoms with Crippen LogP contribution < -0.4 is 0 Å². The maximum absolute atomic E-state index is 9.16. The summed E-state index contributed by atoms with van der Waals surface area (Å²) in [5, 5.41) is 16.2. The number of rotatable bonds is 6. The second kappa shape index (κ2) is 7.62. The second-order valence-corrected chi connectivity index (χ2v) is 9.19. The van der Waals surface area contributed by atoms with E-state index in [2.05, 4.69) is 40.5 Å². The molecule has 0 aliphatic heterocycles. The normalized spacial score (nSPS) is 11.6. The van der Waals surface area contributed by atoms with E-state index >= 15 is 0 Å². The quantitative estimate of drug-likeness (QED) is 0.268. The number of imidazole rings is 1. The molecular weight excluding hydrogens is 394 g/mol. The molecule has 0 radical (unpaired) electrons. The topological polar surface area (TPSA) is 41.6 Å². The molecule has 5 rings (SSSR count). The molecule has 0 aliphatic rings. The van der Waals surface area contributed by atoms with Crippen LogP contribution in [0.5, 0.6) is 0 Å². The summed E-state index contributed by atoms with van der Waals surface area (Å²) in [7, 11) is 0. The Kier molecular flexibility index (Phi) is 4.83. The van der Waals surface area contributed by atoms with Gasteiger partial charge in [0.15, 0.2) is 0 Å². The van der Waals surface area contributed by atoms with Gasteiger partial charge in [0.25, 0.3) is 0 Å². The molecule has 3 aromatic heterocycles. The maximum atomic E-state index is 9.16. The van der Waals surface area contributed by atoms with Gasteiger partial charge < -0.3 is 4.57 Å². The van der Waals surface area contributed by atoms with Gasteiger partial charge >= 0.3 is 0 Å². The highest BCUT2D eigenvalue weighted by molar-refractivity contribution is 7.20. The van der Waals surface area contributed by atoms with Crippen LogP contribution in [0.3, 0.4) is 0 Å². The SMILES string of the molecule is CCCCCCn1c(-c2ccc(C#N)cc2)nc2c3sccc3c3ccsc3c21. The minimum atomic E-state index is 0.681. The number of benzene rings is 2. The first-order valence-corrected chi connectivity index (χ1v) is 11.8. The Hall–Kier alpha value is -2.68. The lowest BCUT2D eigenvalue weighted by Crippen LogP contribution is -2.01. The van der Waals surface area contributed by atoms with E-state index in [9.17, 15) is 0 Å². The summed E-state index contributed by atoms with van der Waals surface area (Å²) in [6.07, 6.45) is 4.89. The van der Waals surface area contributed by atoms with Crippen molar-refractivity contribution in [1.82, 2.24) is 9.55 Å². The molecule has 3 heterocycles. The summed E-state index contributed by atoms with van der Waals surface area (Å²) in [4.78, 5) is 5.16. The molecule has 144 valence electrons. The molecule has 2 aromatic carbocycles. The molecule has 0 amide bonds. The fraction of sp³-hybridized carbons (Fsp3) is 0.250. The van der Waals surface area contributed by atoms with Gasteiger partial charge in [0.1, 0.15) is 11.3 Å². The monoisotopic (exact) mass is 415 g/mol. The van der Waals surface area contributed by atoms with E-state index in [1.54, 1.807) is 11.3 Å². The van der Waals surface area contributed by atoms with Crippen LogP contribution in [0.15, 0.2) is 47.2 Å². The van der Waals surface area contributed by atoms with Crippen molar-refractivity contribution in [3.8, 4) is 17.5 Å². The molecule has 0 aliphatic carbocycles. The lowest BCUT2D eigenvalue weighted by Gasteiger charge is -2.10. The average Bonchev–Trinajstić information content (AvgIpc) is 3.48. The van der Waals surface area contributed by atoms with Crippen LogP contribution in [0.1, 0.15) is 38.2 Å². The van der Waals surface area contributed by atoms with Crippen LogP contribution >= 0.6 is 22.7 Å². The van der Waals surface area contributed by atoms with E-state index in [0.29, 0.717) is 5.56 Å². The Morgan fingerprint density at radius 3 is 2.38 bits per heavy atom. The Morgan fingerprint density at radius 1 is 0.931 bits per heavy atom. The van der Waals surface area contributed by atoms with E-state index in [0.717, 1.165) is 29.9 Å². The highest BCUT2D eigenvalue weighted by Gasteiger charge is 2.20. The fourth-order valence-corrected chi connectivity index (χ4v) is 5.94. The molecule has 0 fully saturated rings. The van der Waals surface area contributed by atoms with Crippen molar-refractivity contribution in [3.05, 3.63) is 52.7 Å². The van der Waals surface area contributed by atoms with Gasteiger partial charge in [0.2, 0.25) is 0 Å². The van der Waals surface area contributed by atoms with Crippen LogP contribution in [-0.4, -0.2) is 9.55 Å². The molecule has 29 heavy (non-hydrogen) atoms. The number of nitrogens with zero attached hydrogens (tertiary/aromatic N) is 3. The van der Waals surface area contributed by atoms with Crippen molar-refractivity contribution in [2.24, 2.45) is 0 Å². The van der Waals surface area contributed by atoms with Crippen molar-refractivity contribution < 1.29 is 0 Å². The van der Waals surface area contributed by atoms with Crippen LogP contribution in [-0.2, 0) is 6.54 Å². The number of nitriles is 1. The maximum Gasteiger partial charge on any atom is 0.141 e. The Bertz CT molecular complexity index is 1350. The molecule has 0 saturated heterocycles. The number of hydrogen-bond acceptors (Lipinski definition) is 4. The van der Waals surface area contributed by atoms with Gasteiger partial charge in [-0.1, -0.05) is 26.2 Å². The van der Waals surface area contributed by atoms with E-state index < -0.39 is 0 Å². The summed E-state index contributed by atoms with van der Waals surface area (Å²) in [5.74, 6) is 1.01. The summed E-state index contributed by atoms with van der Waals surface area (Å²) in [6.45, 7) is 3.22. The molecule has 0 atom stereocenters. The average molecular weight is 416 g/mol. The molecule has 0 bridgehead atoms. The summed E-state index contributed by atoms with van der Waals surface area (Å²) in [5.41, 5.74) is 4.13. The van der Waals surface area contributed by atoms with E-state index in [-0.39, 0.29) is 0 Å². The van der Waals surface area contributed by atoms with Gasteiger partial charge in [-0.05, 0) is 53.6 Å². The Labute approximate surface area is 177 Å². The smallest absolute Gasteiger partial charge is 0.141 e. The minimum absolute atomic E-state index is 0.681. The zero-order valence-electron chi connectivity index (χ0n) is 16.3. The Morgan fingerprint density at radius 2 is 1.66 bits per heavy atom. The first kappa shape index (κ1) is 18.4. The summed E-state index contributed by atoms with van der Waals surface area (Å²) < 4.78 is 5.02. The number of thiophene rings is 2. The summed E-state index contributed by atoms with van der Waals surface area (Å²) >= 11 is 3.58. The van der Waals surface area contributed by atoms with Gasteiger partial charge in [-0.3, -0.25) is 0 Å². The summed E-state index contributed by atoms with van der Waals surface area (Å²) in [6, 6.07) is 14.5. The first-order valence-electron chi connectivity index (χ1n) is 10.1. The first-order chi connectivity index (χ1) is 14.3. The number of fused-ring (bicyclic) bond motifs is 6. The van der Waals surface area contributed by atoms with E-state index in [4.69, 9.17) is 10.2 Å². The highest BCUT2D eigenvalue weighted by Crippen LogP contribution is 2.42. The van der Waals surface area contributed by atoms with E-state index in [1.165, 1.54) is 45.0 Å². The van der Waals surface area contributed by atoms with Crippen LogP contribution in [0.4, 0.5) is 0 Å². The number of aromatic nitrogens is 2. The lowest BCUT2D eigenvalue weighted by molar-refractivity contribution is 0.595. The van der Waals surface area contributed by atoms with Gasteiger partial charge in [-0.2, -0.15) is 5.26 Å². The van der Waals surface area contributed by atoms with Crippen LogP contribution in [0.2, 0.25) is 0 Å². The standard InChI is InChI=1S/C24H21N3S2/c1-2-3-4-5-12-27-21-20(26-24(27)17-8-6-16(15-25)7-9-17)22-18(10-13-28-22)19-11-14-29-23(19)21/h6-11,13-14H,2-5,12H2,1H3. The number of hydrogen-bond donors (Lipinski definition) is 0. The number of unbranched alkanes of at least 4 members (excludes halogenated alkanes) is 3. The largest absolute Gasteiger partial charge is 0.323 e. The second-order valence-electron chi connectivity index (χ2n) is 7.36. The Balaban J connectivity index is 1.77. The molecule has 5 aromatic rings. The molecule has 0 N–H and O–H groups in total. The highest BCUT2D eigenvalue weighted by atomic mass is 32.1. The predicted octanol–water partition coefficient (Wildman–Crippen LogP) is 7.58. The molecule has 0 saturated carbocycles. The van der Waals surface area contributed by atoms with Gasteiger partial charge in [-0.15, -0.1) is 22.7 Å². The third-order valence-corrected chi connectivity index (χ3v) is 7.37. The third kappa shape index (κ3) is 3.04. The van der Waals surface area contributed by atoms with Crippen molar-refractivity contribution in [2.75, 3.05) is 0 Å². The van der Waals surface area contributed by atoms with Crippen molar-refractivity contribution in [1.29, 1.82) is 5.26 Å². The fourth-order valence-electron chi connectivity index (χ4n) is 4.08. The van der Waals surface area contributed by atoms with Gasteiger partial charge in [-0.25, -0.2) is 4.98 Å². The van der Waals surface area contributed by atoms with E-state index in [1.807, 2.05) is 35.6 Å². The predicted molar refractivity (Wildman–Crippen MR) is 125 cm³/mol. The third-order valence-electron chi connectivity index (χ3n) is 5.53. The van der Waals surface area contributed by atoms with Crippen LogP contribution in [0, 0.1) is 11.3 Å². The van der Waals surface area contributed by atoms with Gasteiger partial charge in [0, 0.05) is 22.9 Å². The number of aryl methyl sites for hydroxylation is 1.